The number of rotatable bonds is 10. The molecule has 7 heteroatoms. The first-order valence-electron chi connectivity index (χ1n) is 8.71. The first kappa shape index (κ1) is 20.5. The molecule has 26 heavy (non-hydrogen) atoms. The van der Waals surface area contributed by atoms with E-state index in [4.69, 9.17) is 22.1 Å². The van der Waals surface area contributed by atoms with E-state index in [1.54, 1.807) is 4.90 Å². The summed E-state index contributed by atoms with van der Waals surface area (Å²) in [5, 5.41) is 8.65. The van der Waals surface area contributed by atoms with E-state index in [1.165, 1.54) is 11.8 Å². The van der Waals surface area contributed by atoms with Gasteiger partial charge in [-0.25, -0.2) is 0 Å². The molecule has 0 aliphatic carbocycles. The lowest BCUT2D eigenvalue weighted by molar-refractivity contribution is -0.137. The predicted molar refractivity (Wildman–Crippen MR) is 108 cm³/mol. The molecule has 1 aromatic carbocycles. The van der Waals surface area contributed by atoms with E-state index in [9.17, 15) is 9.59 Å². The summed E-state index contributed by atoms with van der Waals surface area (Å²) in [4.78, 5) is 25.3. The summed E-state index contributed by atoms with van der Waals surface area (Å²) < 4.78 is 6.18. The van der Waals surface area contributed by atoms with Crippen molar-refractivity contribution in [2.45, 2.75) is 39.0 Å². The van der Waals surface area contributed by atoms with Crippen LogP contribution in [0.15, 0.2) is 29.2 Å². The van der Waals surface area contributed by atoms with Gasteiger partial charge < -0.3 is 9.84 Å². The van der Waals surface area contributed by atoms with Crippen LogP contribution in [0.1, 0.15) is 44.6 Å². The fraction of sp³-hybridized carbons (Fsp3) is 0.421. The first-order valence-corrected chi connectivity index (χ1v) is 9.93. The van der Waals surface area contributed by atoms with Crippen LogP contribution in [0.25, 0.3) is 6.08 Å². The van der Waals surface area contributed by atoms with Crippen LogP contribution in [0.2, 0.25) is 0 Å². The van der Waals surface area contributed by atoms with Crippen LogP contribution in [0.4, 0.5) is 0 Å². The van der Waals surface area contributed by atoms with Gasteiger partial charge in [0.1, 0.15) is 10.1 Å². The lowest BCUT2D eigenvalue weighted by Crippen LogP contribution is -2.29. The molecular weight excluding hydrogens is 370 g/mol. The molecule has 2 rings (SSSR count). The molecule has 0 saturated carbocycles. The average molecular weight is 394 g/mol. The van der Waals surface area contributed by atoms with E-state index in [1.807, 2.05) is 30.3 Å². The van der Waals surface area contributed by atoms with Crippen molar-refractivity contribution in [2.75, 3.05) is 13.2 Å². The second-order valence-electron chi connectivity index (χ2n) is 5.96. The highest BCUT2D eigenvalue weighted by Crippen LogP contribution is 2.33. The number of thioether (sulfide) groups is 1. The van der Waals surface area contributed by atoms with Crippen LogP contribution in [0.5, 0.6) is 5.75 Å². The largest absolute Gasteiger partial charge is 0.494 e. The maximum absolute atomic E-state index is 12.6. The van der Waals surface area contributed by atoms with Gasteiger partial charge in [-0.1, -0.05) is 49.5 Å². The fourth-order valence-electron chi connectivity index (χ4n) is 2.48. The van der Waals surface area contributed by atoms with E-state index in [-0.39, 0.29) is 12.3 Å². The maximum Gasteiger partial charge on any atom is 0.303 e. The summed E-state index contributed by atoms with van der Waals surface area (Å²) in [6.45, 7) is 3.24. The molecule has 1 N–H and O–H groups in total. The lowest BCUT2D eigenvalue weighted by Gasteiger charge is -2.13. The minimum atomic E-state index is -0.788. The smallest absolute Gasteiger partial charge is 0.303 e. The molecule has 1 aliphatic heterocycles. The number of nitrogens with zero attached hydrogens (tertiary/aromatic N) is 1. The summed E-state index contributed by atoms with van der Waals surface area (Å²) in [5.74, 6) is -0.0867. The number of ether oxygens (including phenoxy) is 1. The third kappa shape index (κ3) is 6.14. The van der Waals surface area contributed by atoms with Crippen molar-refractivity contribution in [2.24, 2.45) is 0 Å². The van der Waals surface area contributed by atoms with Gasteiger partial charge in [0.2, 0.25) is 0 Å². The number of carboxylic acid groups (broad SMARTS) is 1. The van der Waals surface area contributed by atoms with Gasteiger partial charge in [0.05, 0.1) is 11.5 Å². The number of unbranched alkanes of at least 4 members (excludes halogenated alkanes) is 2. The van der Waals surface area contributed by atoms with E-state index in [2.05, 4.69) is 6.92 Å². The first-order chi connectivity index (χ1) is 12.5. The van der Waals surface area contributed by atoms with Gasteiger partial charge >= 0.3 is 5.97 Å². The van der Waals surface area contributed by atoms with Crippen LogP contribution in [0, 0.1) is 0 Å². The molecule has 0 bridgehead atoms. The zero-order valence-corrected chi connectivity index (χ0v) is 16.4. The van der Waals surface area contributed by atoms with E-state index < -0.39 is 5.97 Å². The highest BCUT2D eigenvalue weighted by molar-refractivity contribution is 8.26. The summed E-state index contributed by atoms with van der Waals surface area (Å²) in [6.07, 6.45) is 5.06. The van der Waals surface area contributed by atoms with Crippen molar-refractivity contribution in [3.05, 3.63) is 34.7 Å². The van der Waals surface area contributed by atoms with Crippen molar-refractivity contribution >= 4 is 46.3 Å². The Labute approximate surface area is 163 Å². The number of carbonyl (C=O) groups excluding carboxylic acids is 1. The lowest BCUT2D eigenvalue weighted by atomic mass is 10.2. The van der Waals surface area contributed by atoms with Crippen LogP contribution >= 0.6 is 24.0 Å². The minimum Gasteiger partial charge on any atom is -0.494 e. The predicted octanol–water partition coefficient (Wildman–Crippen LogP) is 4.32. The molecule has 1 heterocycles. The van der Waals surface area contributed by atoms with E-state index >= 15 is 0 Å². The van der Waals surface area contributed by atoms with Crippen LogP contribution in [-0.4, -0.2) is 39.4 Å². The number of hydrogen-bond donors (Lipinski definition) is 1. The normalized spacial score (nSPS) is 15.7. The standard InChI is InChI=1S/C19H23NO4S2/c1-2-11-24-15-8-6-7-14(12-15)13-16-18(23)20(19(25)26-16)10-5-3-4-9-17(21)22/h6-8,12-13H,2-5,9-11H2,1H3,(H,21,22)/b16-13+. The molecule has 1 aromatic rings. The minimum absolute atomic E-state index is 0.0851. The fourth-order valence-corrected chi connectivity index (χ4v) is 3.79. The van der Waals surface area contributed by atoms with E-state index in [0.717, 1.165) is 30.6 Å². The second-order valence-corrected chi connectivity index (χ2v) is 7.63. The second kappa shape index (κ2) is 10.3. The number of thiocarbonyl (C=S) groups is 1. The van der Waals surface area contributed by atoms with Crippen LogP contribution < -0.4 is 4.74 Å². The van der Waals surface area contributed by atoms with Crippen molar-refractivity contribution in [3.63, 3.8) is 0 Å². The highest BCUT2D eigenvalue weighted by atomic mass is 32.2. The number of benzene rings is 1. The Hall–Kier alpha value is -1.86. The van der Waals surface area contributed by atoms with Gasteiger partial charge in [0.25, 0.3) is 5.91 Å². The number of aliphatic carboxylic acids is 1. The van der Waals surface area contributed by atoms with Crippen molar-refractivity contribution < 1.29 is 19.4 Å². The van der Waals surface area contributed by atoms with Crippen molar-refractivity contribution in [1.82, 2.24) is 4.90 Å². The summed E-state index contributed by atoms with van der Waals surface area (Å²) in [6, 6.07) is 7.64. The van der Waals surface area contributed by atoms with Gasteiger partial charge in [-0.2, -0.15) is 0 Å². The Bertz CT molecular complexity index is 703. The molecule has 0 radical (unpaired) electrons. The number of carboxylic acids is 1. The molecule has 0 unspecified atom stereocenters. The summed E-state index contributed by atoms with van der Waals surface area (Å²) >= 11 is 6.62. The molecular formula is C19H23NO4S2. The number of hydrogen-bond acceptors (Lipinski definition) is 5. The molecule has 0 spiro atoms. The van der Waals surface area contributed by atoms with E-state index in [0.29, 0.717) is 28.8 Å². The molecule has 0 atom stereocenters. The summed E-state index contributed by atoms with van der Waals surface area (Å²) in [7, 11) is 0. The Morgan fingerprint density at radius 3 is 2.88 bits per heavy atom. The van der Waals surface area contributed by atoms with Crippen molar-refractivity contribution in [3.8, 4) is 5.75 Å². The molecule has 5 nitrogen and oxygen atoms in total. The Morgan fingerprint density at radius 2 is 2.15 bits per heavy atom. The van der Waals surface area contributed by atoms with Gasteiger partial charge in [-0.3, -0.25) is 14.5 Å². The molecule has 1 fully saturated rings. The Kier molecular flexibility index (Phi) is 8.12. The monoisotopic (exact) mass is 393 g/mol. The zero-order chi connectivity index (χ0) is 18.9. The quantitative estimate of drug-likeness (QED) is 0.363. The number of carbonyl (C=O) groups is 2. The van der Waals surface area contributed by atoms with Gasteiger partial charge in [-0.05, 0) is 43.0 Å². The van der Waals surface area contributed by atoms with Gasteiger partial charge in [0, 0.05) is 13.0 Å². The molecule has 1 amide bonds. The maximum atomic E-state index is 12.6. The third-order valence-electron chi connectivity index (χ3n) is 3.77. The molecule has 1 aliphatic rings. The number of amides is 1. The zero-order valence-electron chi connectivity index (χ0n) is 14.8. The van der Waals surface area contributed by atoms with Crippen molar-refractivity contribution in [1.29, 1.82) is 0 Å². The molecule has 140 valence electrons. The average Bonchev–Trinajstić information content (AvgIpc) is 2.87. The van der Waals surface area contributed by atoms with Gasteiger partial charge in [-0.15, -0.1) is 0 Å². The SMILES string of the molecule is CCCOc1cccc(/C=C2/SC(=S)N(CCCCCC(=O)O)C2=O)c1. The van der Waals surface area contributed by atoms with Crippen LogP contribution in [-0.2, 0) is 9.59 Å². The van der Waals surface area contributed by atoms with Crippen LogP contribution in [0.3, 0.4) is 0 Å². The Morgan fingerprint density at radius 1 is 1.35 bits per heavy atom. The highest BCUT2D eigenvalue weighted by Gasteiger charge is 2.31. The molecule has 0 aromatic heterocycles. The topological polar surface area (TPSA) is 66.8 Å². The Balaban J connectivity index is 1.94. The van der Waals surface area contributed by atoms with Gasteiger partial charge in [0.15, 0.2) is 0 Å². The third-order valence-corrected chi connectivity index (χ3v) is 5.15. The summed E-state index contributed by atoms with van der Waals surface area (Å²) in [5.41, 5.74) is 0.903. The molecule has 1 saturated heterocycles.